The van der Waals surface area contributed by atoms with Crippen LogP contribution in [0.3, 0.4) is 0 Å². The molecular formula is C17H19NO3. The summed E-state index contributed by atoms with van der Waals surface area (Å²) in [5.41, 5.74) is 2.12. The van der Waals surface area contributed by atoms with Crippen molar-refractivity contribution in [2.45, 2.75) is 25.4 Å². The lowest BCUT2D eigenvalue weighted by Crippen LogP contribution is -2.33. The van der Waals surface area contributed by atoms with Crippen LogP contribution in [0.25, 0.3) is 0 Å². The maximum Gasteiger partial charge on any atom is 0.304 e. The predicted molar refractivity (Wildman–Crippen MR) is 81.1 cm³/mol. The quantitative estimate of drug-likeness (QED) is 0.731. The van der Waals surface area contributed by atoms with E-state index >= 15 is 0 Å². The summed E-state index contributed by atoms with van der Waals surface area (Å²) in [4.78, 5) is 11.0. The molecule has 0 saturated heterocycles. The van der Waals surface area contributed by atoms with Crippen LogP contribution in [0.5, 0.6) is 5.75 Å². The lowest BCUT2D eigenvalue weighted by atomic mass is 10.0. The summed E-state index contributed by atoms with van der Waals surface area (Å²) in [6.45, 7) is 0.636. The van der Waals surface area contributed by atoms with Gasteiger partial charge in [-0.3, -0.25) is 4.79 Å². The third kappa shape index (κ3) is 5.28. The van der Waals surface area contributed by atoms with Crippen LogP contribution in [0, 0.1) is 0 Å². The van der Waals surface area contributed by atoms with Crippen molar-refractivity contribution in [3.8, 4) is 5.75 Å². The molecule has 0 fully saturated rings. The van der Waals surface area contributed by atoms with Gasteiger partial charge in [0.2, 0.25) is 0 Å². The van der Waals surface area contributed by atoms with E-state index in [-0.39, 0.29) is 18.2 Å². The van der Waals surface area contributed by atoms with Crippen LogP contribution < -0.4 is 5.32 Å². The van der Waals surface area contributed by atoms with E-state index < -0.39 is 5.97 Å². The Balaban J connectivity index is 1.97. The highest BCUT2D eigenvalue weighted by Crippen LogP contribution is 2.13. The molecule has 0 saturated carbocycles. The van der Waals surface area contributed by atoms with Crippen molar-refractivity contribution in [2.75, 3.05) is 0 Å². The first-order valence-electron chi connectivity index (χ1n) is 6.90. The van der Waals surface area contributed by atoms with E-state index in [0.29, 0.717) is 13.0 Å². The van der Waals surface area contributed by atoms with Gasteiger partial charge in [0.25, 0.3) is 0 Å². The molecule has 0 aromatic heterocycles. The van der Waals surface area contributed by atoms with Crippen molar-refractivity contribution < 1.29 is 15.0 Å². The number of phenols is 1. The number of nitrogens with one attached hydrogen (secondary N) is 1. The maximum absolute atomic E-state index is 11.0. The molecule has 4 nitrogen and oxygen atoms in total. The predicted octanol–water partition coefficient (Wildman–Crippen LogP) is 2.57. The van der Waals surface area contributed by atoms with Gasteiger partial charge in [-0.2, -0.15) is 0 Å². The van der Waals surface area contributed by atoms with Crippen LogP contribution in [-0.2, 0) is 17.8 Å². The third-order valence-corrected chi connectivity index (χ3v) is 3.28. The highest BCUT2D eigenvalue weighted by Gasteiger charge is 2.13. The fourth-order valence-electron chi connectivity index (χ4n) is 2.20. The van der Waals surface area contributed by atoms with Gasteiger partial charge in [0, 0.05) is 12.6 Å². The Hall–Kier alpha value is -2.33. The molecule has 0 aliphatic rings. The fourth-order valence-corrected chi connectivity index (χ4v) is 2.20. The maximum atomic E-state index is 11.0. The molecule has 21 heavy (non-hydrogen) atoms. The van der Waals surface area contributed by atoms with E-state index in [1.54, 1.807) is 12.1 Å². The summed E-state index contributed by atoms with van der Waals surface area (Å²) in [5, 5.41) is 21.6. The number of hydrogen-bond donors (Lipinski definition) is 3. The normalized spacial score (nSPS) is 12.0. The number of carbonyl (C=O) groups is 1. The number of carboxylic acid groups (broad SMARTS) is 1. The van der Waals surface area contributed by atoms with E-state index in [1.165, 1.54) is 0 Å². The largest absolute Gasteiger partial charge is 0.508 e. The minimum atomic E-state index is -0.820. The lowest BCUT2D eigenvalue weighted by molar-refractivity contribution is -0.137. The van der Waals surface area contributed by atoms with Gasteiger partial charge in [0.15, 0.2) is 0 Å². The smallest absolute Gasteiger partial charge is 0.304 e. The molecule has 0 aliphatic carbocycles. The molecule has 0 heterocycles. The van der Waals surface area contributed by atoms with Crippen LogP contribution in [-0.4, -0.2) is 22.2 Å². The number of hydrogen-bond acceptors (Lipinski definition) is 3. The molecule has 1 atom stereocenters. The molecule has 0 aliphatic heterocycles. The van der Waals surface area contributed by atoms with Gasteiger partial charge < -0.3 is 15.5 Å². The monoisotopic (exact) mass is 285 g/mol. The molecule has 0 spiro atoms. The molecule has 110 valence electrons. The Morgan fingerprint density at radius 2 is 1.67 bits per heavy atom. The molecule has 0 unspecified atom stereocenters. The van der Waals surface area contributed by atoms with Gasteiger partial charge in [-0.05, 0) is 29.7 Å². The Kier molecular flexibility index (Phi) is 5.35. The number of aromatic hydroxyl groups is 1. The van der Waals surface area contributed by atoms with Crippen molar-refractivity contribution in [1.29, 1.82) is 0 Å². The van der Waals surface area contributed by atoms with Gasteiger partial charge in [0.1, 0.15) is 5.75 Å². The van der Waals surface area contributed by atoms with Gasteiger partial charge in [-0.25, -0.2) is 0 Å². The van der Waals surface area contributed by atoms with E-state index in [0.717, 1.165) is 11.1 Å². The molecule has 0 bridgehead atoms. The minimum absolute atomic E-state index is 0.0632. The van der Waals surface area contributed by atoms with Crippen LogP contribution in [0.4, 0.5) is 0 Å². The van der Waals surface area contributed by atoms with Gasteiger partial charge in [-0.1, -0.05) is 42.5 Å². The first kappa shape index (κ1) is 15.1. The highest BCUT2D eigenvalue weighted by atomic mass is 16.4. The summed E-state index contributed by atoms with van der Waals surface area (Å²) in [6, 6.07) is 16.6. The van der Waals surface area contributed by atoms with E-state index in [1.807, 2.05) is 42.5 Å². The van der Waals surface area contributed by atoms with Crippen molar-refractivity contribution in [2.24, 2.45) is 0 Å². The zero-order valence-electron chi connectivity index (χ0n) is 11.7. The zero-order chi connectivity index (χ0) is 15.1. The number of benzene rings is 2. The van der Waals surface area contributed by atoms with Gasteiger partial charge in [-0.15, -0.1) is 0 Å². The fraction of sp³-hybridized carbons (Fsp3) is 0.235. The second kappa shape index (κ2) is 7.45. The number of carboxylic acids is 1. The number of phenolic OH excluding ortho intramolecular Hbond substituents is 1. The average molecular weight is 285 g/mol. The summed E-state index contributed by atoms with van der Waals surface area (Å²) < 4.78 is 0. The Morgan fingerprint density at radius 3 is 2.29 bits per heavy atom. The zero-order valence-corrected chi connectivity index (χ0v) is 11.7. The SMILES string of the molecule is O=C(O)C[C@@H](Cc1ccc(O)cc1)NCc1ccccc1. The molecule has 2 aromatic carbocycles. The molecule has 3 N–H and O–H groups in total. The molecular weight excluding hydrogens is 266 g/mol. The summed E-state index contributed by atoms with van der Waals surface area (Å²) in [7, 11) is 0. The summed E-state index contributed by atoms with van der Waals surface area (Å²) >= 11 is 0. The Labute approximate surface area is 124 Å². The highest BCUT2D eigenvalue weighted by molar-refractivity contribution is 5.67. The molecule has 0 amide bonds. The third-order valence-electron chi connectivity index (χ3n) is 3.28. The lowest BCUT2D eigenvalue weighted by Gasteiger charge is -2.17. The van der Waals surface area contributed by atoms with E-state index in [9.17, 15) is 9.90 Å². The second-order valence-electron chi connectivity index (χ2n) is 5.03. The minimum Gasteiger partial charge on any atom is -0.508 e. The first-order chi connectivity index (χ1) is 10.1. The van der Waals surface area contributed by atoms with Crippen molar-refractivity contribution in [3.63, 3.8) is 0 Å². The average Bonchev–Trinajstić information content (AvgIpc) is 2.48. The Bertz CT molecular complexity index is 566. The first-order valence-corrected chi connectivity index (χ1v) is 6.90. The van der Waals surface area contributed by atoms with Crippen molar-refractivity contribution in [3.05, 3.63) is 65.7 Å². The standard InChI is InChI=1S/C17H19NO3/c19-16-8-6-13(7-9-16)10-15(11-17(20)21)18-12-14-4-2-1-3-5-14/h1-9,15,18-19H,10-12H2,(H,20,21)/t15-/m1/s1. The van der Waals surface area contributed by atoms with Gasteiger partial charge >= 0.3 is 5.97 Å². The van der Waals surface area contributed by atoms with Crippen LogP contribution in [0.1, 0.15) is 17.5 Å². The van der Waals surface area contributed by atoms with E-state index in [2.05, 4.69) is 5.32 Å². The molecule has 0 radical (unpaired) electrons. The topological polar surface area (TPSA) is 69.6 Å². The Morgan fingerprint density at radius 1 is 1.00 bits per heavy atom. The van der Waals surface area contributed by atoms with Crippen LogP contribution >= 0.6 is 0 Å². The van der Waals surface area contributed by atoms with Crippen LogP contribution in [0.2, 0.25) is 0 Å². The summed E-state index contributed by atoms with van der Waals surface area (Å²) in [6.07, 6.45) is 0.674. The summed E-state index contributed by atoms with van der Waals surface area (Å²) in [5.74, 6) is -0.606. The van der Waals surface area contributed by atoms with Crippen molar-refractivity contribution in [1.82, 2.24) is 5.32 Å². The second-order valence-corrected chi connectivity index (χ2v) is 5.03. The number of rotatable bonds is 7. The van der Waals surface area contributed by atoms with Gasteiger partial charge in [0.05, 0.1) is 6.42 Å². The number of aliphatic carboxylic acids is 1. The molecule has 4 heteroatoms. The van der Waals surface area contributed by atoms with Crippen LogP contribution in [0.15, 0.2) is 54.6 Å². The van der Waals surface area contributed by atoms with E-state index in [4.69, 9.17) is 5.11 Å². The molecule has 2 rings (SSSR count). The van der Waals surface area contributed by atoms with Crippen molar-refractivity contribution >= 4 is 5.97 Å². The molecule has 2 aromatic rings.